The van der Waals surface area contributed by atoms with E-state index in [4.69, 9.17) is 25.8 Å². The molecular weight excluding hydrogens is 406 g/mol. The Morgan fingerprint density at radius 3 is 2.20 bits per heavy atom. The Balaban J connectivity index is 1.50. The average Bonchev–Trinajstić information content (AvgIpc) is 2.77. The Morgan fingerprint density at radius 1 is 1.00 bits per heavy atom. The van der Waals surface area contributed by atoms with Gasteiger partial charge in [0.2, 0.25) is 11.7 Å². The number of hydrogen-bond donors (Lipinski definition) is 1. The van der Waals surface area contributed by atoms with Crippen LogP contribution in [0.25, 0.3) is 0 Å². The summed E-state index contributed by atoms with van der Waals surface area (Å²) in [5.74, 6) is 1.65. The maximum Gasteiger partial charge on any atom is 0.234 e. The zero-order valence-electron chi connectivity index (χ0n) is 17.6. The predicted molar refractivity (Wildman–Crippen MR) is 118 cm³/mol. The summed E-state index contributed by atoms with van der Waals surface area (Å²) in [6, 6.07) is 11.5. The van der Waals surface area contributed by atoms with Crippen LogP contribution in [0.4, 0.5) is 5.69 Å². The third-order valence-corrected chi connectivity index (χ3v) is 5.47. The SMILES string of the molecule is COc1cc(CNC(=O)CN2CCN(c3ccccc3Cl)CC2)cc(OC)c1OC. The molecule has 0 aromatic heterocycles. The third-order valence-electron chi connectivity index (χ3n) is 5.15. The monoisotopic (exact) mass is 433 g/mol. The van der Waals surface area contributed by atoms with Crippen LogP contribution < -0.4 is 24.4 Å². The first-order chi connectivity index (χ1) is 14.5. The molecule has 1 aliphatic heterocycles. The van der Waals surface area contributed by atoms with Gasteiger partial charge >= 0.3 is 0 Å². The molecule has 8 heteroatoms. The van der Waals surface area contributed by atoms with Crippen molar-refractivity contribution >= 4 is 23.2 Å². The third kappa shape index (κ3) is 5.29. The van der Waals surface area contributed by atoms with Crippen LogP contribution in [0.2, 0.25) is 5.02 Å². The van der Waals surface area contributed by atoms with Crippen molar-refractivity contribution in [3.63, 3.8) is 0 Å². The van der Waals surface area contributed by atoms with Crippen molar-refractivity contribution in [2.75, 3.05) is 59.0 Å². The number of rotatable bonds is 8. The summed E-state index contributed by atoms with van der Waals surface area (Å²) >= 11 is 6.29. The molecule has 1 aliphatic rings. The number of nitrogens with one attached hydrogen (secondary N) is 1. The van der Waals surface area contributed by atoms with Gasteiger partial charge in [-0.25, -0.2) is 0 Å². The molecule has 1 saturated heterocycles. The maximum absolute atomic E-state index is 12.4. The summed E-state index contributed by atoms with van der Waals surface area (Å²) in [6.07, 6.45) is 0. The number of hydrogen-bond acceptors (Lipinski definition) is 6. The van der Waals surface area contributed by atoms with Crippen molar-refractivity contribution in [1.82, 2.24) is 10.2 Å². The van der Waals surface area contributed by atoms with Crippen LogP contribution in [-0.4, -0.2) is 64.9 Å². The lowest BCUT2D eigenvalue weighted by atomic mass is 10.1. The average molecular weight is 434 g/mol. The molecule has 0 spiro atoms. The van der Waals surface area contributed by atoms with Crippen molar-refractivity contribution in [2.24, 2.45) is 0 Å². The molecule has 0 saturated carbocycles. The summed E-state index contributed by atoms with van der Waals surface area (Å²) in [4.78, 5) is 16.9. The lowest BCUT2D eigenvalue weighted by molar-refractivity contribution is -0.122. The summed E-state index contributed by atoms with van der Waals surface area (Å²) in [5.41, 5.74) is 1.92. The van der Waals surface area contributed by atoms with Crippen LogP contribution in [-0.2, 0) is 11.3 Å². The number of carbonyl (C=O) groups is 1. The minimum Gasteiger partial charge on any atom is -0.493 e. The highest BCUT2D eigenvalue weighted by Crippen LogP contribution is 2.38. The van der Waals surface area contributed by atoms with Crippen LogP contribution in [0, 0.1) is 0 Å². The minimum absolute atomic E-state index is 0.0186. The Hall–Kier alpha value is -2.64. The predicted octanol–water partition coefficient (Wildman–Crippen LogP) is 2.80. The topological polar surface area (TPSA) is 63.3 Å². The fourth-order valence-corrected chi connectivity index (χ4v) is 3.81. The van der Waals surface area contributed by atoms with E-state index >= 15 is 0 Å². The van der Waals surface area contributed by atoms with Crippen LogP contribution in [0.3, 0.4) is 0 Å². The van der Waals surface area contributed by atoms with E-state index in [1.165, 1.54) is 0 Å². The van der Waals surface area contributed by atoms with Gasteiger partial charge in [0.15, 0.2) is 11.5 Å². The van der Waals surface area contributed by atoms with Gasteiger partial charge < -0.3 is 24.4 Å². The van der Waals surface area contributed by atoms with Crippen molar-refractivity contribution in [2.45, 2.75) is 6.54 Å². The van der Waals surface area contributed by atoms with E-state index in [-0.39, 0.29) is 5.91 Å². The molecule has 3 rings (SSSR count). The molecule has 0 bridgehead atoms. The van der Waals surface area contributed by atoms with Gasteiger partial charge in [-0.1, -0.05) is 23.7 Å². The largest absolute Gasteiger partial charge is 0.493 e. The molecule has 162 valence electrons. The normalized spacial score (nSPS) is 14.3. The second-order valence-corrected chi connectivity index (χ2v) is 7.43. The van der Waals surface area contributed by atoms with Crippen molar-refractivity contribution in [1.29, 1.82) is 0 Å². The number of piperazine rings is 1. The van der Waals surface area contributed by atoms with Crippen molar-refractivity contribution in [3.05, 3.63) is 47.0 Å². The minimum atomic E-state index is -0.0186. The molecule has 0 atom stereocenters. The van der Waals surface area contributed by atoms with Gasteiger partial charge in [-0.2, -0.15) is 0 Å². The van der Waals surface area contributed by atoms with E-state index in [1.54, 1.807) is 21.3 Å². The molecule has 0 radical (unpaired) electrons. The fraction of sp³-hybridized carbons (Fsp3) is 0.409. The summed E-state index contributed by atoms with van der Waals surface area (Å²) in [5, 5.41) is 3.73. The van der Waals surface area contributed by atoms with Gasteiger partial charge in [0.05, 0.1) is 38.6 Å². The van der Waals surface area contributed by atoms with Gasteiger partial charge in [-0.15, -0.1) is 0 Å². The van der Waals surface area contributed by atoms with E-state index in [0.717, 1.165) is 42.5 Å². The Bertz CT molecular complexity index is 844. The fourth-order valence-electron chi connectivity index (χ4n) is 3.55. The van der Waals surface area contributed by atoms with E-state index in [2.05, 4.69) is 15.1 Å². The van der Waals surface area contributed by atoms with E-state index in [0.29, 0.717) is 30.3 Å². The van der Waals surface area contributed by atoms with Crippen LogP contribution in [0.15, 0.2) is 36.4 Å². The number of halogens is 1. The first kappa shape index (κ1) is 22.1. The molecule has 30 heavy (non-hydrogen) atoms. The van der Waals surface area contributed by atoms with Crippen LogP contribution in [0.5, 0.6) is 17.2 Å². The number of nitrogens with zero attached hydrogens (tertiary/aromatic N) is 2. The Morgan fingerprint density at radius 2 is 1.63 bits per heavy atom. The van der Waals surface area contributed by atoms with Gasteiger partial charge in [0, 0.05) is 32.7 Å². The molecule has 0 unspecified atom stereocenters. The Labute approximate surface area is 182 Å². The van der Waals surface area contributed by atoms with Gasteiger partial charge in [0.25, 0.3) is 0 Å². The number of methoxy groups -OCH3 is 3. The first-order valence-electron chi connectivity index (χ1n) is 9.83. The van der Waals surface area contributed by atoms with Gasteiger partial charge in [-0.3, -0.25) is 9.69 Å². The van der Waals surface area contributed by atoms with E-state index in [9.17, 15) is 4.79 Å². The molecule has 2 aromatic rings. The number of anilines is 1. The summed E-state index contributed by atoms with van der Waals surface area (Å²) in [6.45, 7) is 4.04. The highest BCUT2D eigenvalue weighted by Gasteiger charge is 2.20. The second-order valence-electron chi connectivity index (χ2n) is 7.02. The Kier molecular flexibility index (Phi) is 7.65. The smallest absolute Gasteiger partial charge is 0.234 e. The molecule has 1 heterocycles. The molecule has 1 amide bonds. The highest BCUT2D eigenvalue weighted by molar-refractivity contribution is 6.33. The summed E-state index contributed by atoms with van der Waals surface area (Å²) in [7, 11) is 4.71. The first-order valence-corrected chi connectivity index (χ1v) is 10.2. The number of benzene rings is 2. The maximum atomic E-state index is 12.4. The van der Waals surface area contributed by atoms with Crippen LogP contribution >= 0.6 is 11.6 Å². The van der Waals surface area contributed by atoms with Gasteiger partial charge in [0.1, 0.15) is 0 Å². The quantitative estimate of drug-likeness (QED) is 0.690. The lowest BCUT2D eigenvalue weighted by Gasteiger charge is -2.36. The van der Waals surface area contributed by atoms with Crippen molar-refractivity contribution in [3.8, 4) is 17.2 Å². The number of carbonyl (C=O) groups excluding carboxylic acids is 1. The van der Waals surface area contributed by atoms with E-state index < -0.39 is 0 Å². The molecule has 0 aliphatic carbocycles. The summed E-state index contributed by atoms with van der Waals surface area (Å²) < 4.78 is 16.1. The van der Waals surface area contributed by atoms with Crippen molar-refractivity contribution < 1.29 is 19.0 Å². The molecule has 2 aromatic carbocycles. The standard InChI is InChI=1S/C22H28ClN3O4/c1-28-19-12-16(13-20(29-2)22(19)30-3)14-24-21(27)15-25-8-10-26(11-9-25)18-7-5-4-6-17(18)23/h4-7,12-13H,8-11,14-15H2,1-3H3,(H,24,27). The highest BCUT2D eigenvalue weighted by atomic mass is 35.5. The molecule has 7 nitrogen and oxygen atoms in total. The number of ether oxygens (including phenoxy) is 3. The van der Waals surface area contributed by atoms with Gasteiger partial charge in [-0.05, 0) is 29.8 Å². The van der Waals surface area contributed by atoms with E-state index in [1.807, 2.05) is 36.4 Å². The number of amides is 1. The zero-order chi connectivity index (χ0) is 21.5. The lowest BCUT2D eigenvalue weighted by Crippen LogP contribution is -2.49. The van der Waals surface area contributed by atoms with Crippen LogP contribution in [0.1, 0.15) is 5.56 Å². The second kappa shape index (κ2) is 10.4. The number of para-hydroxylation sites is 1. The zero-order valence-corrected chi connectivity index (χ0v) is 18.4. The molecular formula is C22H28ClN3O4. The molecule has 1 fully saturated rings. The molecule has 1 N–H and O–H groups in total.